The van der Waals surface area contributed by atoms with E-state index in [-0.39, 0.29) is 12.0 Å². The molecule has 0 atom stereocenters. The van der Waals surface area contributed by atoms with Crippen LogP contribution in [0, 0.1) is 0 Å². The van der Waals surface area contributed by atoms with Gasteiger partial charge in [-0.1, -0.05) is 23.7 Å². The zero-order valence-corrected chi connectivity index (χ0v) is 16.6. The van der Waals surface area contributed by atoms with Crippen LogP contribution in [0.15, 0.2) is 36.5 Å². The normalized spacial score (nSPS) is 14.3. The lowest BCUT2D eigenvalue weighted by Crippen LogP contribution is -2.35. The van der Waals surface area contributed by atoms with Gasteiger partial charge >= 0.3 is 0 Å². The third-order valence-electron chi connectivity index (χ3n) is 4.49. The van der Waals surface area contributed by atoms with Crippen LogP contribution in [-0.4, -0.2) is 35.0 Å². The molecule has 0 saturated carbocycles. The van der Waals surface area contributed by atoms with Crippen molar-refractivity contribution in [2.45, 2.75) is 45.8 Å². The van der Waals surface area contributed by atoms with E-state index in [1.807, 2.05) is 43.0 Å². The van der Waals surface area contributed by atoms with E-state index in [4.69, 9.17) is 16.3 Å². The van der Waals surface area contributed by atoms with E-state index in [2.05, 4.69) is 10.3 Å². The second-order valence-electron chi connectivity index (χ2n) is 7.07. The van der Waals surface area contributed by atoms with Gasteiger partial charge in [-0.25, -0.2) is 4.98 Å². The van der Waals surface area contributed by atoms with Gasteiger partial charge in [0.25, 0.3) is 5.91 Å². The molecule has 0 bridgehead atoms. The molecule has 144 valence electrons. The molecule has 0 radical (unpaired) electrons. The number of carbonyl (C=O) groups is 1. The lowest BCUT2D eigenvalue weighted by atomic mass is 10.1. The van der Waals surface area contributed by atoms with Gasteiger partial charge in [-0.05, 0) is 56.9 Å². The molecule has 1 fully saturated rings. The summed E-state index contributed by atoms with van der Waals surface area (Å²) in [5, 5.41) is 3.68. The minimum absolute atomic E-state index is 0.0105. The van der Waals surface area contributed by atoms with E-state index in [1.165, 1.54) is 6.42 Å². The topological polar surface area (TPSA) is 54.5 Å². The molecule has 3 rings (SSSR count). The largest absolute Gasteiger partial charge is 0.491 e. The maximum atomic E-state index is 12.5. The number of aromatic nitrogens is 1. The zero-order chi connectivity index (χ0) is 19.2. The molecule has 1 N–H and O–H groups in total. The maximum absolute atomic E-state index is 12.5. The predicted molar refractivity (Wildman–Crippen MR) is 109 cm³/mol. The maximum Gasteiger partial charge on any atom is 0.255 e. The van der Waals surface area contributed by atoms with Crippen LogP contribution in [-0.2, 0) is 6.54 Å². The highest BCUT2D eigenvalue weighted by Crippen LogP contribution is 2.23. The fourth-order valence-corrected chi connectivity index (χ4v) is 3.34. The van der Waals surface area contributed by atoms with E-state index < -0.39 is 0 Å². The number of hydrogen-bond donors (Lipinski definition) is 1. The van der Waals surface area contributed by atoms with Gasteiger partial charge < -0.3 is 15.0 Å². The summed E-state index contributed by atoms with van der Waals surface area (Å²) in [6, 6.07) is 9.62. The Kier molecular flexibility index (Phi) is 6.56. The zero-order valence-electron chi connectivity index (χ0n) is 15.9. The van der Waals surface area contributed by atoms with E-state index in [0.717, 1.165) is 37.2 Å². The van der Waals surface area contributed by atoms with Crippen molar-refractivity contribution >= 4 is 23.3 Å². The van der Waals surface area contributed by atoms with Gasteiger partial charge in [0.1, 0.15) is 11.6 Å². The molecular weight excluding hydrogens is 362 g/mol. The minimum Gasteiger partial charge on any atom is -0.491 e. The standard InChI is InChI=1S/C21H26ClN3O2/c1-15(2)27-18-8-6-16(7-9-18)13-23-20-19(22)12-17(14-24-20)21(26)25-10-4-3-5-11-25/h6-9,12,14-15H,3-5,10-11,13H2,1-2H3,(H,23,24). The van der Waals surface area contributed by atoms with Gasteiger partial charge in [0.2, 0.25) is 0 Å². The predicted octanol–water partition coefficient (Wildman–Crippen LogP) is 4.76. The summed E-state index contributed by atoms with van der Waals surface area (Å²) in [4.78, 5) is 18.8. The number of piperidine rings is 1. The molecule has 27 heavy (non-hydrogen) atoms. The van der Waals surface area contributed by atoms with Crippen molar-refractivity contribution in [3.63, 3.8) is 0 Å². The molecule has 1 aliphatic heterocycles. The SMILES string of the molecule is CC(C)Oc1ccc(CNc2ncc(C(=O)N3CCCCC3)cc2Cl)cc1. The van der Waals surface area contributed by atoms with E-state index in [0.29, 0.717) is 22.9 Å². The summed E-state index contributed by atoms with van der Waals surface area (Å²) in [5.74, 6) is 1.44. The average Bonchev–Trinajstić information content (AvgIpc) is 2.68. The van der Waals surface area contributed by atoms with Gasteiger partial charge in [-0.15, -0.1) is 0 Å². The molecule has 1 amide bonds. The Morgan fingerprint density at radius 2 is 1.93 bits per heavy atom. The van der Waals surface area contributed by atoms with E-state index in [9.17, 15) is 4.79 Å². The van der Waals surface area contributed by atoms with Crippen molar-refractivity contribution in [1.82, 2.24) is 9.88 Å². The second-order valence-corrected chi connectivity index (χ2v) is 7.48. The van der Waals surface area contributed by atoms with Gasteiger partial charge in [0.15, 0.2) is 0 Å². The number of anilines is 1. The highest BCUT2D eigenvalue weighted by atomic mass is 35.5. The van der Waals surface area contributed by atoms with Gasteiger partial charge in [-0.2, -0.15) is 0 Å². The van der Waals surface area contributed by atoms with Crippen molar-refractivity contribution < 1.29 is 9.53 Å². The lowest BCUT2D eigenvalue weighted by Gasteiger charge is -2.26. The van der Waals surface area contributed by atoms with Crippen molar-refractivity contribution in [3.8, 4) is 5.75 Å². The summed E-state index contributed by atoms with van der Waals surface area (Å²) in [5.41, 5.74) is 1.64. The molecule has 1 aromatic carbocycles. The average molecular weight is 388 g/mol. The van der Waals surface area contributed by atoms with Crippen LogP contribution in [0.2, 0.25) is 5.02 Å². The molecule has 0 aliphatic carbocycles. The fraction of sp³-hybridized carbons (Fsp3) is 0.429. The van der Waals surface area contributed by atoms with Crippen molar-refractivity contribution in [3.05, 3.63) is 52.7 Å². The first-order valence-corrected chi connectivity index (χ1v) is 9.85. The number of amides is 1. The first-order chi connectivity index (χ1) is 13.0. The summed E-state index contributed by atoms with van der Waals surface area (Å²) < 4.78 is 5.65. The third-order valence-corrected chi connectivity index (χ3v) is 4.77. The monoisotopic (exact) mass is 387 g/mol. The molecule has 1 saturated heterocycles. The van der Waals surface area contributed by atoms with Gasteiger partial charge in [0.05, 0.1) is 16.7 Å². The number of halogens is 1. The second kappa shape index (κ2) is 9.09. The highest BCUT2D eigenvalue weighted by molar-refractivity contribution is 6.33. The number of likely N-dealkylation sites (tertiary alicyclic amines) is 1. The molecule has 0 spiro atoms. The molecule has 6 heteroatoms. The van der Waals surface area contributed by atoms with Crippen LogP contribution in [0.5, 0.6) is 5.75 Å². The smallest absolute Gasteiger partial charge is 0.255 e. The highest BCUT2D eigenvalue weighted by Gasteiger charge is 2.19. The molecule has 1 aromatic heterocycles. The van der Waals surface area contributed by atoms with Crippen molar-refractivity contribution in [2.75, 3.05) is 18.4 Å². The number of nitrogens with zero attached hydrogens (tertiary/aromatic N) is 2. The Morgan fingerprint density at radius 3 is 2.56 bits per heavy atom. The quantitative estimate of drug-likeness (QED) is 0.776. The van der Waals surface area contributed by atoms with Crippen LogP contribution >= 0.6 is 11.6 Å². The Hall–Kier alpha value is -2.27. The summed E-state index contributed by atoms with van der Waals surface area (Å²) in [6.07, 6.45) is 5.07. The molecular formula is C21H26ClN3O2. The van der Waals surface area contributed by atoms with Crippen LogP contribution in [0.1, 0.15) is 49.0 Å². The number of nitrogens with one attached hydrogen (secondary N) is 1. The van der Waals surface area contributed by atoms with Crippen LogP contribution in [0.3, 0.4) is 0 Å². The van der Waals surface area contributed by atoms with Crippen molar-refractivity contribution in [2.24, 2.45) is 0 Å². The summed E-state index contributed by atoms with van der Waals surface area (Å²) >= 11 is 6.35. The summed E-state index contributed by atoms with van der Waals surface area (Å²) in [6.45, 7) is 6.22. The minimum atomic E-state index is 0.0105. The lowest BCUT2D eigenvalue weighted by molar-refractivity contribution is 0.0724. The summed E-state index contributed by atoms with van der Waals surface area (Å²) in [7, 11) is 0. The molecule has 0 unspecified atom stereocenters. The van der Waals surface area contributed by atoms with Crippen molar-refractivity contribution in [1.29, 1.82) is 0 Å². The number of pyridine rings is 1. The first-order valence-electron chi connectivity index (χ1n) is 9.47. The molecule has 5 nitrogen and oxygen atoms in total. The fourth-order valence-electron chi connectivity index (χ4n) is 3.11. The first kappa shape index (κ1) is 19.5. The Bertz CT molecular complexity index is 771. The number of ether oxygens (including phenoxy) is 1. The molecule has 2 heterocycles. The van der Waals surface area contributed by atoms with Crippen LogP contribution in [0.4, 0.5) is 5.82 Å². The van der Waals surface area contributed by atoms with Crippen LogP contribution in [0.25, 0.3) is 0 Å². The van der Waals surface area contributed by atoms with Crippen LogP contribution < -0.4 is 10.1 Å². The van der Waals surface area contributed by atoms with E-state index >= 15 is 0 Å². The molecule has 2 aromatic rings. The third kappa shape index (κ3) is 5.36. The van der Waals surface area contributed by atoms with E-state index in [1.54, 1.807) is 12.3 Å². The Balaban J connectivity index is 1.60. The Morgan fingerprint density at radius 1 is 1.22 bits per heavy atom. The number of carbonyl (C=O) groups excluding carboxylic acids is 1. The number of rotatable bonds is 6. The molecule has 1 aliphatic rings. The number of hydrogen-bond acceptors (Lipinski definition) is 4. The Labute approximate surface area is 165 Å². The van der Waals surface area contributed by atoms with Gasteiger partial charge in [-0.3, -0.25) is 4.79 Å². The number of benzene rings is 1. The van der Waals surface area contributed by atoms with Gasteiger partial charge in [0, 0.05) is 25.8 Å².